The molecule has 1 spiro atoms. The van der Waals surface area contributed by atoms with E-state index < -0.39 is 5.41 Å². The minimum absolute atomic E-state index is 0.584. The van der Waals surface area contributed by atoms with Crippen molar-refractivity contribution in [2.45, 2.75) is 15.2 Å². The van der Waals surface area contributed by atoms with Crippen molar-refractivity contribution in [1.82, 2.24) is 9.97 Å². The molecule has 4 heteroatoms. The molecule has 58 heavy (non-hydrogen) atoms. The molecule has 1 unspecified atom stereocenters. The first-order valence-corrected chi connectivity index (χ1v) is 20.3. The largest absolute Gasteiger partial charge is 0.228 e. The summed E-state index contributed by atoms with van der Waals surface area (Å²) in [6.45, 7) is 0. The molecule has 1 aliphatic carbocycles. The Kier molecular flexibility index (Phi) is 8.03. The average molecular weight is 756 g/mol. The van der Waals surface area contributed by atoms with Crippen LogP contribution in [0.1, 0.15) is 27.8 Å². The lowest BCUT2D eigenvalue weighted by Gasteiger charge is -2.40. The van der Waals surface area contributed by atoms with Crippen LogP contribution in [0.2, 0.25) is 0 Å². The van der Waals surface area contributed by atoms with Gasteiger partial charge in [0.15, 0.2) is 5.82 Å². The highest BCUT2D eigenvalue weighted by Gasteiger charge is 2.50. The first-order valence-electron chi connectivity index (χ1n) is 19.5. The standard InChI is InChI=1S/C54H33N3S/c55-34-35-23-25-36(26-24-35)39-27-29-43-42-18-9-10-20-45(42)54(47(43)31-39)46-21-11-12-22-51(46)58-52-30-28-40(32-48(52)54)49-33-50(57-53(56-49)38-15-5-2-6-16-38)44-19-8-7-17-41(44)37-13-3-1-4-14-37/h1-33H. The van der Waals surface area contributed by atoms with Crippen molar-refractivity contribution < 1.29 is 0 Å². The Hall–Kier alpha value is -7.32. The van der Waals surface area contributed by atoms with Crippen LogP contribution < -0.4 is 0 Å². The third-order valence-corrected chi connectivity index (χ3v) is 12.8. The normalized spacial score (nSPS) is 14.5. The average Bonchev–Trinajstić information content (AvgIpc) is 3.59. The van der Waals surface area contributed by atoms with Gasteiger partial charge in [-0.05, 0) is 98.1 Å². The topological polar surface area (TPSA) is 49.6 Å². The fourth-order valence-corrected chi connectivity index (χ4v) is 10.2. The van der Waals surface area contributed by atoms with Crippen LogP contribution in [0.4, 0.5) is 0 Å². The number of fused-ring (bicyclic) bond motifs is 9. The van der Waals surface area contributed by atoms with Crippen molar-refractivity contribution in [3.8, 4) is 73.4 Å². The summed E-state index contributed by atoms with van der Waals surface area (Å²) < 4.78 is 0. The molecular weight excluding hydrogens is 723 g/mol. The zero-order chi connectivity index (χ0) is 38.6. The molecule has 0 saturated heterocycles. The van der Waals surface area contributed by atoms with Crippen LogP contribution in [-0.2, 0) is 5.41 Å². The first kappa shape index (κ1) is 34.0. The minimum Gasteiger partial charge on any atom is -0.228 e. The molecule has 1 atom stereocenters. The van der Waals surface area contributed by atoms with Crippen molar-refractivity contribution >= 4 is 11.8 Å². The third kappa shape index (κ3) is 5.36. The van der Waals surface area contributed by atoms with Crippen LogP contribution >= 0.6 is 11.8 Å². The minimum atomic E-state index is -0.584. The first-order chi connectivity index (χ1) is 28.7. The Balaban J connectivity index is 1.16. The summed E-state index contributed by atoms with van der Waals surface area (Å²) in [6, 6.07) is 73.3. The Labute approximate surface area is 342 Å². The maximum absolute atomic E-state index is 9.53. The van der Waals surface area contributed by atoms with Crippen molar-refractivity contribution in [1.29, 1.82) is 5.26 Å². The molecule has 9 aromatic rings. The summed E-state index contributed by atoms with van der Waals surface area (Å²) in [7, 11) is 0. The number of benzene rings is 8. The molecule has 8 aromatic carbocycles. The van der Waals surface area contributed by atoms with E-state index in [0.717, 1.165) is 50.3 Å². The molecule has 0 fully saturated rings. The molecule has 1 aromatic heterocycles. The van der Waals surface area contributed by atoms with E-state index in [2.05, 4.69) is 176 Å². The monoisotopic (exact) mass is 755 g/mol. The van der Waals surface area contributed by atoms with Gasteiger partial charge in [0.05, 0.1) is 28.4 Å². The Morgan fingerprint density at radius 3 is 1.72 bits per heavy atom. The number of hydrogen-bond acceptors (Lipinski definition) is 4. The molecule has 2 aliphatic rings. The van der Waals surface area contributed by atoms with Crippen molar-refractivity contribution in [3.05, 3.63) is 228 Å². The Morgan fingerprint density at radius 2 is 0.948 bits per heavy atom. The van der Waals surface area contributed by atoms with E-state index in [0.29, 0.717) is 11.4 Å². The van der Waals surface area contributed by atoms with E-state index in [9.17, 15) is 5.26 Å². The van der Waals surface area contributed by atoms with Gasteiger partial charge in [0, 0.05) is 26.5 Å². The van der Waals surface area contributed by atoms with Gasteiger partial charge in [0.1, 0.15) is 0 Å². The van der Waals surface area contributed by atoms with Crippen LogP contribution in [0, 0.1) is 11.3 Å². The van der Waals surface area contributed by atoms with Gasteiger partial charge in [0.25, 0.3) is 0 Å². The number of rotatable bonds is 5. The van der Waals surface area contributed by atoms with Crippen LogP contribution in [0.3, 0.4) is 0 Å². The Morgan fingerprint density at radius 1 is 0.379 bits per heavy atom. The Bertz CT molecular complexity index is 3090. The highest BCUT2D eigenvalue weighted by molar-refractivity contribution is 7.99. The summed E-state index contributed by atoms with van der Waals surface area (Å²) in [5.74, 6) is 0.687. The van der Waals surface area contributed by atoms with E-state index in [1.54, 1.807) is 0 Å². The quantitative estimate of drug-likeness (QED) is 0.175. The second-order valence-electron chi connectivity index (χ2n) is 14.8. The van der Waals surface area contributed by atoms with Gasteiger partial charge in [0.2, 0.25) is 0 Å². The molecule has 1 aliphatic heterocycles. The van der Waals surface area contributed by atoms with E-state index in [1.165, 1.54) is 43.2 Å². The van der Waals surface area contributed by atoms with E-state index in [4.69, 9.17) is 9.97 Å². The smallest absolute Gasteiger partial charge is 0.160 e. The number of hydrogen-bond donors (Lipinski definition) is 0. The van der Waals surface area contributed by atoms with E-state index in [1.807, 2.05) is 42.1 Å². The molecule has 0 saturated carbocycles. The second-order valence-corrected chi connectivity index (χ2v) is 15.9. The summed E-state index contributed by atoms with van der Waals surface area (Å²) in [5.41, 5.74) is 16.9. The summed E-state index contributed by atoms with van der Waals surface area (Å²) in [5, 5.41) is 9.53. The molecular formula is C54H33N3S. The molecule has 0 bridgehead atoms. The molecule has 3 nitrogen and oxygen atoms in total. The van der Waals surface area contributed by atoms with Crippen LogP contribution in [0.25, 0.3) is 67.3 Å². The molecule has 2 heterocycles. The number of nitriles is 1. The predicted molar refractivity (Wildman–Crippen MR) is 235 cm³/mol. The summed E-state index contributed by atoms with van der Waals surface area (Å²) in [6.07, 6.45) is 0. The van der Waals surface area contributed by atoms with Gasteiger partial charge in [-0.2, -0.15) is 5.26 Å². The highest BCUT2D eigenvalue weighted by Crippen LogP contribution is 2.62. The van der Waals surface area contributed by atoms with Gasteiger partial charge in [-0.15, -0.1) is 0 Å². The van der Waals surface area contributed by atoms with Gasteiger partial charge in [-0.3, -0.25) is 0 Å². The molecule has 0 N–H and O–H groups in total. The summed E-state index contributed by atoms with van der Waals surface area (Å²) >= 11 is 1.84. The molecule has 0 amide bonds. The predicted octanol–water partition coefficient (Wildman–Crippen LogP) is 13.5. The van der Waals surface area contributed by atoms with E-state index >= 15 is 0 Å². The fraction of sp³-hybridized carbons (Fsp3) is 0.0185. The van der Waals surface area contributed by atoms with Crippen LogP contribution in [0.5, 0.6) is 0 Å². The van der Waals surface area contributed by atoms with Gasteiger partial charge in [-0.1, -0.05) is 169 Å². The van der Waals surface area contributed by atoms with Crippen molar-refractivity contribution in [2.75, 3.05) is 0 Å². The highest BCUT2D eigenvalue weighted by atomic mass is 32.2. The number of aromatic nitrogens is 2. The molecule has 11 rings (SSSR count). The lowest BCUT2D eigenvalue weighted by atomic mass is 9.66. The lowest BCUT2D eigenvalue weighted by Crippen LogP contribution is -2.32. The van der Waals surface area contributed by atoms with Gasteiger partial charge in [-0.25, -0.2) is 9.97 Å². The zero-order valence-corrected chi connectivity index (χ0v) is 32.1. The second kappa shape index (κ2) is 13.7. The zero-order valence-electron chi connectivity index (χ0n) is 31.3. The SMILES string of the molecule is N#Cc1ccc(-c2ccc3c(c2)C2(c4ccccc4Sc4ccc(-c5cc(-c6ccccc6-c6ccccc6)nc(-c6ccccc6)n5)cc42)c2ccccc2-3)cc1. The maximum Gasteiger partial charge on any atom is 0.160 e. The van der Waals surface area contributed by atoms with Crippen LogP contribution in [-0.4, -0.2) is 9.97 Å². The van der Waals surface area contributed by atoms with Crippen molar-refractivity contribution in [3.63, 3.8) is 0 Å². The van der Waals surface area contributed by atoms with E-state index in [-0.39, 0.29) is 0 Å². The summed E-state index contributed by atoms with van der Waals surface area (Å²) in [4.78, 5) is 13.1. The fourth-order valence-electron chi connectivity index (χ4n) is 9.00. The molecule has 0 radical (unpaired) electrons. The lowest BCUT2D eigenvalue weighted by molar-refractivity contribution is 0.723. The van der Waals surface area contributed by atoms with Crippen molar-refractivity contribution in [2.24, 2.45) is 0 Å². The maximum atomic E-state index is 9.53. The van der Waals surface area contributed by atoms with Gasteiger partial charge < -0.3 is 0 Å². The molecule has 270 valence electrons. The van der Waals surface area contributed by atoms with Crippen LogP contribution in [0.15, 0.2) is 210 Å². The third-order valence-electron chi connectivity index (χ3n) is 11.6. The number of nitrogens with zero attached hydrogens (tertiary/aromatic N) is 3. The van der Waals surface area contributed by atoms with Gasteiger partial charge >= 0.3 is 0 Å².